The quantitative estimate of drug-likeness (QED) is 0.242. The Labute approximate surface area is 63.9 Å². The van der Waals surface area contributed by atoms with Gasteiger partial charge in [0.15, 0.2) is 8.07 Å². The van der Waals surface area contributed by atoms with Gasteiger partial charge in [-0.15, -0.1) is 0 Å². The lowest BCUT2D eigenvalue weighted by Crippen LogP contribution is -2.39. The lowest BCUT2D eigenvalue weighted by atomic mass is 10.2. The minimum Gasteiger partial charge on any atom is -0.363 e. The molecule has 0 atom stereocenters. The number of hydrogen-bond donors (Lipinski definition) is 0. The molecular formula is C7H16N2Si. The van der Waals surface area contributed by atoms with Crippen LogP contribution in [0.3, 0.4) is 0 Å². The summed E-state index contributed by atoms with van der Waals surface area (Å²) in [7, 11) is -1.45. The number of hydrogen-bond acceptors (Lipinski definition) is 0. The summed E-state index contributed by atoms with van der Waals surface area (Å²) in [5.74, 6) is 1.72. The maximum Gasteiger partial charge on any atom is 0.226 e. The van der Waals surface area contributed by atoms with Crippen LogP contribution in [0.5, 0.6) is 0 Å². The predicted octanol–water partition coefficient (Wildman–Crippen LogP) is 2.33. The molecule has 0 radical (unpaired) electrons. The van der Waals surface area contributed by atoms with E-state index in [-0.39, 0.29) is 5.04 Å². The second-order valence-corrected chi connectivity index (χ2v) is 9.42. The van der Waals surface area contributed by atoms with Crippen LogP contribution in [0, 0.1) is 0 Å². The van der Waals surface area contributed by atoms with Crippen LogP contribution >= 0.6 is 0 Å². The predicted molar refractivity (Wildman–Crippen MR) is 46.9 cm³/mol. The molecule has 0 heterocycles. The van der Waals surface area contributed by atoms with Crippen LogP contribution < -0.4 is 0 Å². The van der Waals surface area contributed by atoms with Crippen molar-refractivity contribution < 1.29 is 4.79 Å². The highest BCUT2D eigenvalue weighted by atomic mass is 28.3. The minimum absolute atomic E-state index is 0.277. The molecule has 2 nitrogen and oxygen atoms in total. The highest BCUT2D eigenvalue weighted by molar-refractivity contribution is 7.01. The highest BCUT2D eigenvalue weighted by Crippen LogP contribution is 2.33. The van der Waals surface area contributed by atoms with Crippen LogP contribution in [0.2, 0.25) is 18.1 Å². The van der Waals surface area contributed by atoms with Gasteiger partial charge in [0.1, 0.15) is 0 Å². The summed E-state index contributed by atoms with van der Waals surface area (Å²) in [5, 5.41) is 0.277. The molecule has 58 valence electrons. The van der Waals surface area contributed by atoms with Gasteiger partial charge in [-0.3, -0.25) is 0 Å². The van der Waals surface area contributed by atoms with E-state index in [1.54, 1.807) is 5.84 Å². The van der Waals surface area contributed by atoms with Crippen LogP contribution in [-0.2, 0) is 0 Å². The van der Waals surface area contributed by atoms with E-state index >= 15 is 0 Å². The molecule has 0 aliphatic carbocycles. The van der Waals surface area contributed by atoms with Crippen LogP contribution in [0.4, 0.5) is 0 Å². The Balaban J connectivity index is 4.56. The molecule has 0 amide bonds. The highest BCUT2D eigenvalue weighted by Gasteiger charge is 2.38. The van der Waals surface area contributed by atoms with E-state index in [4.69, 9.17) is 5.53 Å². The summed E-state index contributed by atoms with van der Waals surface area (Å²) in [5.41, 5.74) is 8.37. The molecule has 0 fully saturated rings. The molecule has 0 N–H and O–H groups in total. The van der Waals surface area contributed by atoms with Gasteiger partial charge in [0.2, 0.25) is 5.84 Å². The van der Waals surface area contributed by atoms with Crippen molar-refractivity contribution in [2.24, 2.45) is 0 Å². The van der Waals surface area contributed by atoms with Gasteiger partial charge in [-0.1, -0.05) is 33.9 Å². The molecule has 0 aromatic heterocycles. The average molecular weight is 156 g/mol. The Morgan fingerprint density at radius 2 is 1.70 bits per heavy atom. The Morgan fingerprint density at radius 3 is 1.80 bits per heavy atom. The molecule has 0 saturated heterocycles. The molecule has 0 bridgehead atoms. The molecule has 3 heteroatoms. The lowest BCUT2D eigenvalue weighted by molar-refractivity contribution is 0.00652. The Kier molecular flexibility index (Phi) is 2.58. The zero-order chi connectivity index (χ0) is 8.41. The van der Waals surface area contributed by atoms with E-state index in [1.807, 2.05) is 0 Å². The van der Waals surface area contributed by atoms with Crippen molar-refractivity contribution >= 4 is 13.9 Å². The fourth-order valence-electron chi connectivity index (χ4n) is 0.338. The molecule has 0 aromatic carbocycles. The SMILES string of the molecule is CC(C)(C)[Si](C)(C)C=[N+]=[N-]. The lowest BCUT2D eigenvalue weighted by Gasteiger charge is -2.28. The van der Waals surface area contributed by atoms with Crippen molar-refractivity contribution in [3.63, 3.8) is 0 Å². The largest absolute Gasteiger partial charge is 0.363 e. The monoisotopic (exact) mass is 156 g/mol. The topological polar surface area (TPSA) is 36.4 Å². The summed E-state index contributed by atoms with van der Waals surface area (Å²) in [4.78, 5) is 3.11. The van der Waals surface area contributed by atoms with Crippen molar-refractivity contribution in [2.45, 2.75) is 38.9 Å². The maximum absolute atomic E-state index is 8.37. The van der Waals surface area contributed by atoms with Gasteiger partial charge < -0.3 is 5.53 Å². The first-order chi connectivity index (χ1) is 4.31. The van der Waals surface area contributed by atoms with Crippen LogP contribution in [-0.4, -0.2) is 18.7 Å². The fourth-order valence-corrected chi connectivity index (χ4v) is 1.01. The standard InChI is InChI=1S/C7H16N2Si/c1-7(2,3)10(4,5)6-9-8/h6H,1-5H3. The molecule has 0 unspecified atom stereocenters. The molecule has 0 saturated carbocycles. The first kappa shape index (κ1) is 9.60. The van der Waals surface area contributed by atoms with Crippen molar-refractivity contribution in [3.05, 3.63) is 5.53 Å². The zero-order valence-electron chi connectivity index (χ0n) is 7.47. The van der Waals surface area contributed by atoms with E-state index in [0.29, 0.717) is 0 Å². The van der Waals surface area contributed by atoms with Gasteiger partial charge in [-0.25, -0.2) is 0 Å². The molecular weight excluding hydrogens is 140 g/mol. The van der Waals surface area contributed by atoms with Gasteiger partial charge in [0.25, 0.3) is 0 Å². The van der Waals surface area contributed by atoms with Crippen molar-refractivity contribution in [1.82, 2.24) is 0 Å². The first-order valence-electron chi connectivity index (χ1n) is 3.50. The molecule has 0 rings (SSSR count). The summed E-state index contributed by atoms with van der Waals surface area (Å²) in [6.07, 6.45) is 0. The van der Waals surface area contributed by atoms with E-state index in [1.165, 1.54) is 0 Å². The molecule has 0 aromatic rings. The molecule has 0 aliphatic rings. The Bertz CT molecular complexity index is 161. The maximum atomic E-state index is 8.37. The minimum atomic E-state index is -1.45. The summed E-state index contributed by atoms with van der Waals surface area (Å²) in [6.45, 7) is 10.9. The number of rotatable bonds is 1. The second kappa shape index (κ2) is 2.68. The zero-order valence-corrected chi connectivity index (χ0v) is 8.47. The van der Waals surface area contributed by atoms with Crippen molar-refractivity contribution in [3.8, 4) is 0 Å². The van der Waals surface area contributed by atoms with E-state index in [0.717, 1.165) is 0 Å². The Hall–Kier alpha value is -0.403. The fraction of sp³-hybridized carbons (Fsp3) is 0.857. The third-order valence-corrected chi connectivity index (χ3v) is 6.94. The number of nitrogens with zero attached hydrogens (tertiary/aromatic N) is 2. The smallest absolute Gasteiger partial charge is 0.226 e. The first-order valence-corrected chi connectivity index (χ1v) is 6.57. The van der Waals surface area contributed by atoms with Crippen LogP contribution in [0.25, 0.3) is 5.53 Å². The molecule has 0 aliphatic heterocycles. The van der Waals surface area contributed by atoms with Gasteiger partial charge in [-0.05, 0) is 5.04 Å². The van der Waals surface area contributed by atoms with E-state index in [9.17, 15) is 0 Å². The Morgan fingerprint density at radius 1 is 1.30 bits per heavy atom. The summed E-state index contributed by atoms with van der Waals surface area (Å²) >= 11 is 0. The summed E-state index contributed by atoms with van der Waals surface area (Å²) < 4.78 is 0. The second-order valence-electron chi connectivity index (χ2n) is 4.22. The summed E-state index contributed by atoms with van der Waals surface area (Å²) in [6, 6.07) is 0. The van der Waals surface area contributed by atoms with Crippen molar-refractivity contribution in [1.29, 1.82) is 0 Å². The van der Waals surface area contributed by atoms with Gasteiger partial charge in [0.05, 0.1) is 0 Å². The van der Waals surface area contributed by atoms with Crippen molar-refractivity contribution in [2.75, 3.05) is 0 Å². The normalized spacial score (nSPS) is 12.5. The van der Waals surface area contributed by atoms with Gasteiger partial charge in [0, 0.05) is 0 Å². The average Bonchev–Trinajstić information content (AvgIpc) is 1.61. The van der Waals surface area contributed by atoms with Crippen LogP contribution in [0.15, 0.2) is 0 Å². The van der Waals surface area contributed by atoms with E-state index in [2.05, 4.69) is 38.7 Å². The van der Waals surface area contributed by atoms with E-state index < -0.39 is 8.07 Å². The van der Waals surface area contributed by atoms with Crippen LogP contribution in [0.1, 0.15) is 20.8 Å². The van der Waals surface area contributed by atoms with Gasteiger partial charge in [-0.2, -0.15) is 4.79 Å². The third-order valence-electron chi connectivity index (χ3n) is 2.31. The molecule has 0 spiro atoms. The van der Waals surface area contributed by atoms with Gasteiger partial charge >= 0.3 is 0 Å². The molecule has 10 heavy (non-hydrogen) atoms. The third kappa shape index (κ3) is 2.08.